The quantitative estimate of drug-likeness (QED) is 0.469. The lowest BCUT2D eigenvalue weighted by molar-refractivity contribution is -0.384. The summed E-state index contributed by atoms with van der Waals surface area (Å²) in [6.45, 7) is 2.65. The van der Waals surface area contributed by atoms with E-state index >= 15 is 0 Å². The molecule has 0 spiro atoms. The molecule has 1 atom stereocenters. The molecule has 0 aliphatic carbocycles. The Labute approximate surface area is 162 Å². The van der Waals surface area contributed by atoms with Crippen molar-refractivity contribution in [1.29, 1.82) is 0 Å². The fourth-order valence-electron chi connectivity index (χ4n) is 3.83. The summed E-state index contributed by atoms with van der Waals surface area (Å²) in [5, 5.41) is 11.6. The van der Waals surface area contributed by atoms with Gasteiger partial charge in [0.25, 0.3) is 5.69 Å². The van der Waals surface area contributed by atoms with Gasteiger partial charge in [0.2, 0.25) is 0 Å². The minimum absolute atomic E-state index is 0.0939. The second kappa shape index (κ2) is 7.55. The molecule has 3 aromatic rings. The zero-order valence-corrected chi connectivity index (χ0v) is 15.5. The molecule has 0 N–H and O–H groups in total. The van der Waals surface area contributed by atoms with Crippen molar-refractivity contribution >= 4 is 17.3 Å². The van der Waals surface area contributed by atoms with Crippen LogP contribution in [0.4, 0.5) is 5.69 Å². The number of nitro benzene ring substituents is 1. The highest BCUT2D eigenvalue weighted by Gasteiger charge is 2.27. The van der Waals surface area contributed by atoms with Crippen LogP contribution in [0.2, 0.25) is 5.02 Å². The third-order valence-electron chi connectivity index (χ3n) is 5.05. The van der Waals surface area contributed by atoms with E-state index in [-0.39, 0.29) is 16.7 Å². The Balaban J connectivity index is 1.69. The van der Waals surface area contributed by atoms with Gasteiger partial charge in [-0.2, -0.15) is 0 Å². The Bertz CT molecular complexity index is 952. The van der Waals surface area contributed by atoms with E-state index in [0.717, 1.165) is 42.2 Å². The van der Waals surface area contributed by atoms with Crippen molar-refractivity contribution in [3.05, 3.63) is 98.8 Å². The van der Waals surface area contributed by atoms with E-state index in [0.29, 0.717) is 0 Å². The summed E-state index contributed by atoms with van der Waals surface area (Å²) in [5.74, 6) is 0. The van der Waals surface area contributed by atoms with Crippen LogP contribution in [0.1, 0.15) is 29.3 Å². The third-order valence-corrected chi connectivity index (χ3v) is 5.29. The average molecular weight is 382 g/mol. The van der Waals surface area contributed by atoms with Gasteiger partial charge in [-0.25, -0.2) is 0 Å². The van der Waals surface area contributed by atoms with Crippen molar-refractivity contribution < 1.29 is 4.92 Å². The van der Waals surface area contributed by atoms with E-state index in [4.69, 9.17) is 11.6 Å². The van der Waals surface area contributed by atoms with Gasteiger partial charge in [-0.1, -0.05) is 35.9 Å². The van der Waals surface area contributed by atoms with Gasteiger partial charge >= 0.3 is 0 Å². The molecule has 0 saturated heterocycles. The monoisotopic (exact) mass is 381 g/mol. The molecule has 0 bridgehead atoms. The fourth-order valence-corrected chi connectivity index (χ4v) is 4.02. The molecule has 1 aliphatic heterocycles. The molecule has 4 rings (SSSR count). The predicted molar refractivity (Wildman–Crippen MR) is 106 cm³/mol. The lowest BCUT2D eigenvalue weighted by Crippen LogP contribution is -2.29. The van der Waals surface area contributed by atoms with Crippen LogP contribution >= 0.6 is 11.6 Å². The third kappa shape index (κ3) is 3.75. The summed E-state index contributed by atoms with van der Waals surface area (Å²) in [7, 11) is 0. The first-order valence-electron chi connectivity index (χ1n) is 9.00. The molecule has 5 nitrogen and oxygen atoms in total. The second-order valence-electron chi connectivity index (χ2n) is 6.83. The molecule has 2 heterocycles. The Kier molecular flexibility index (Phi) is 4.97. The lowest BCUT2D eigenvalue weighted by Gasteiger charge is -2.30. The van der Waals surface area contributed by atoms with Gasteiger partial charge in [-0.15, -0.1) is 0 Å². The van der Waals surface area contributed by atoms with Gasteiger partial charge in [0.1, 0.15) is 0 Å². The molecule has 1 aliphatic rings. The number of aromatic nitrogens is 1. The number of halogens is 1. The van der Waals surface area contributed by atoms with Crippen LogP contribution in [0.5, 0.6) is 0 Å². The molecule has 6 heteroatoms. The van der Waals surface area contributed by atoms with Crippen LogP contribution in [-0.4, -0.2) is 20.9 Å². The molecular formula is C21H20ClN3O2. The van der Waals surface area contributed by atoms with E-state index in [9.17, 15) is 10.1 Å². The van der Waals surface area contributed by atoms with Crippen LogP contribution in [0.3, 0.4) is 0 Å². The van der Waals surface area contributed by atoms with Gasteiger partial charge in [0, 0.05) is 48.7 Å². The highest BCUT2D eigenvalue weighted by atomic mass is 35.5. The maximum absolute atomic E-state index is 10.9. The van der Waals surface area contributed by atoms with Crippen LogP contribution < -0.4 is 0 Å². The zero-order chi connectivity index (χ0) is 18.8. The van der Waals surface area contributed by atoms with Crippen molar-refractivity contribution in [2.24, 2.45) is 0 Å². The summed E-state index contributed by atoms with van der Waals surface area (Å²) >= 11 is 6.27. The Morgan fingerprint density at radius 2 is 1.89 bits per heavy atom. The van der Waals surface area contributed by atoms with Crippen molar-refractivity contribution in [2.75, 3.05) is 6.54 Å². The molecular weight excluding hydrogens is 362 g/mol. The first kappa shape index (κ1) is 17.8. The summed E-state index contributed by atoms with van der Waals surface area (Å²) in [6, 6.07) is 19.2. The van der Waals surface area contributed by atoms with Gasteiger partial charge in [0.15, 0.2) is 0 Å². The molecule has 0 saturated carbocycles. The van der Waals surface area contributed by atoms with Crippen molar-refractivity contribution in [3.63, 3.8) is 0 Å². The zero-order valence-electron chi connectivity index (χ0n) is 14.8. The predicted octanol–water partition coefficient (Wildman–Crippen LogP) is 5.05. The average Bonchev–Trinajstić information content (AvgIpc) is 3.03. The molecule has 0 fully saturated rings. The number of fused-ring (bicyclic) bond motifs is 1. The number of rotatable bonds is 4. The van der Waals surface area contributed by atoms with Gasteiger partial charge in [0.05, 0.1) is 11.0 Å². The van der Waals surface area contributed by atoms with E-state index in [1.165, 1.54) is 5.69 Å². The second-order valence-corrected chi connectivity index (χ2v) is 7.27. The lowest BCUT2D eigenvalue weighted by atomic mass is 10.0. The highest BCUT2D eigenvalue weighted by Crippen LogP contribution is 2.34. The van der Waals surface area contributed by atoms with Crippen LogP contribution in [0.25, 0.3) is 0 Å². The summed E-state index contributed by atoms with van der Waals surface area (Å²) in [5.41, 5.74) is 3.59. The molecule has 27 heavy (non-hydrogen) atoms. The minimum atomic E-state index is -0.364. The van der Waals surface area contributed by atoms with Gasteiger partial charge in [-0.05, 0) is 41.8 Å². The van der Waals surface area contributed by atoms with Crippen molar-refractivity contribution in [3.8, 4) is 0 Å². The van der Waals surface area contributed by atoms with Gasteiger partial charge in [-0.3, -0.25) is 15.0 Å². The largest absolute Gasteiger partial charge is 0.350 e. The number of hydrogen-bond donors (Lipinski definition) is 0. The SMILES string of the molecule is O=[N+]([O-])c1ccc(CN2CCCn3cccc3[C@H]2c2cccc(Cl)c2)cc1. The van der Waals surface area contributed by atoms with Crippen molar-refractivity contribution in [2.45, 2.75) is 25.6 Å². The summed E-state index contributed by atoms with van der Waals surface area (Å²) < 4.78 is 2.31. The minimum Gasteiger partial charge on any atom is -0.350 e. The first-order valence-corrected chi connectivity index (χ1v) is 9.37. The van der Waals surface area contributed by atoms with E-state index in [1.807, 2.05) is 30.3 Å². The maximum Gasteiger partial charge on any atom is 0.269 e. The number of benzene rings is 2. The smallest absolute Gasteiger partial charge is 0.269 e. The molecule has 0 radical (unpaired) electrons. The summed E-state index contributed by atoms with van der Waals surface area (Å²) in [6.07, 6.45) is 3.17. The topological polar surface area (TPSA) is 51.3 Å². The van der Waals surface area contributed by atoms with Crippen LogP contribution in [0, 0.1) is 10.1 Å². The highest BCUT2D eigenvalue weighted by molar-refractivity contribution is 6.30. The van der Waals surface area contributed by atoms with E-state index in [2.05, 4.69) is 33.9 Å². The number of non-ortho nitro benzene ring substituents is 1. The fraction of sp³-hybridized carbons (Fsp3) is 0.238. The normalized spacial score (nSPS) is 17.3. The first-order chi connectivity index (χ1) is 13.1. The number of hydrogen-bond acceptors (Lipinski definition) is 3. The van der Waals surface area contributed by atoms with E-state index < -0.39 is 0 Å². The molecule has 2 aromatic carbocycles. The number of nitro groups is 1. The number of aryl methyl sites for hydroxylation is 1. The van der Waals surface area contributed by atoms with Crippen LogP contribution in [-0.2, 0) is 13.1 Å². The van der Waals surface area contributed by atoms with Crippen molar-refractivity contribution in [1.82, 2.24) is 9.47 Å². The Morgan fingerprint density at radius 1 is 1.07 bits per heavy atom. The standard InChI is InChI=1S/C21H20ClN3O2/c22-18-5-1-4-17(14-18)21-20-6-2-11-23(20)12-3-13-24(21)15-16-7-9-19(10-8-16)25(26)27/h1-2,4-11,14,21H,3,12-13,15H2/t21-/m1/s1. The molecule has 0 unspecified atom stereocenters. The Morgan fingerprint density at radius 3 is 2.63 bits per heavy atom. The molecule has 0 amide bonds. The van der Waals surface area contributed by atoms with Gasteiger partial charge < -0.3 is 4.57 Å². The number of nitrogens with zero attached hydrogens (tertiary/aromatic N) is 3. The summed E-state index contributed by atoms with van der Waals surface area (Å²) in [4.78, 5) is 13.0. The molecule has 1 aromatic heterocycles. The van der Waals surface area contributed by atoms with E-state index in [1.54, 1.807) is 12.1 Å². The maximum atomic E-state index is 10.9. The Hall–Kier alpha value is -2.63. The molecule has 138 valence electrons. The van der Waals surface area contributed by atoms with Crippen LogP contribution in [0.15, 0.2) is 66.9 Å².